The van der Waals surface area contributed by atoms with E-state index < -0.39 is 30.5 Å². The molecule has 0 fully saturated rings. The highest BCUT2D eigenvalue weighted by molar-refractivity contribution is 6.32. The Balaban J connectivity index is 2.83. The van der Waals surface area contributed by atoms with Crippen LogP contribution in [0.4, 0.5) is 13.2 Å². The van der Waals surface area contributed by atoms with Crippen LogP contribution >= 0.6 is 11.6 Å². The van der Waals surface area contributed by atoms with Crippen molar-refractivity contribution in [2.75, 3.05) is 6.61 Å². The minimum absolute atomic E-state index is 0.245. The third-order valence-corrected chi connectivity index (χ3v) is 3.05. The molecule has 128 valence electrons. The van der Waals surface area contributed by atoms with E-state index in [0.717, 1.165) is 0 Å². The highest BCUT2D eigenvalue weighted by Crippen LogP contribution is 2.29. The number of alkyl halides is 3. The molecule has 1 aromatic carbocycles. The van der Waals surface area contributed by atoms with Gasteiger partial charge in [0.25, 0.3) is 0 Å². The first kappa shape index (κ1) is 19.1. The van der Waals surface area contributed by atoms with E-state index in [1.54, 1.807) is 13.0 Å². The summed E-state index contributed by atoms with van der Waals surface area (Å²) in [6.07, 6.45) is -6.71. The minimum Gasteiger partial charge on any atom is -0.492 e. The van der Waals surface area contributed by atoms with Crippen LogP contribution in [0.5, 0.6) is 5.75 Å². The number of carboxylic acids is 1. The van der Waals surface area contributed by atoms with Crippen molar-refractivity contribution in [1.29, 1.82) is 0 Å². The van der Waals surface area contributed by atoms with Crippen molar-refractivity contribution in [2.24, 2.45) is 0 Å². The maximum absolute atomic E-state index is 12.3. The highest BCUT2D eigenvalue weighted by Gasteiger charge is 2.36. The van der Waals surface area contributed by atoms with Gasteiger partial charge in [0, 0.05) is 5.56 Å². The maximum Gasteiger partial charge on any atom is 0.391 e. The fourth-order valence-corrected chi connectivity index (χ4v) is 2.10. The van der Waals surface area contributed by atoms with Gasteiger partial charge < -0.3 is 15.2 Å². The molecule has 1 amide bonds. The summed E-state index contributed by atoms with van der Waals surface area (Å²) in [7, 11) is 0. The van der Waals surface area contributed by atoms with Gasteiger partial charge in [0.05, 0.1) is 24.5 Å². The Labute approximate surface area is 135 Å². The third-order valence-electron chi connectivity index (χ3n) is 2.76. The van der Waals surface area contributed by atoms with Crippen molar-refractivity contribution in [2.45, 2.75) is 32.0 Å². The highest BCUT2D eigenvalue weighted by atomic mass is 35.5. The number of para-hydroxylation sites is 1. The van der Waals surface area contributed by atoms with Crippen LogP contribution in [-0.4, -0.2) is 35.8 Å². The van der Waals surface area contributed by atoms with Gasteiger partial charge in [-0.3, -0.25) is 4.79 Å². The second-order valence-electron chi connectivity index (χ2n) is 4.62. The number of carbonyl (C=O) groups excluding carboxylic acids is 1. The smallest absolute Gasteiger partial charge is 0.391 e. The van der Waals surface area contributed by atoms with Crippen LogP contribution in [-0.2, 0) is 16.0 Å². The molecule has 0 aliphatic rings. The molecule has 1 rings (SSSR count). The van der Waals surface area contributed by atoms with Crippen molar-refractivity contribution in [3.63, 3.8) is 0 Å². The molecule has 0 radical (unpaired) electrons. The van der Waals surface area contributed by atoms with Gasteiger partial charge in [-0.05, 0) is 13.0 Å². The SMILES string of the molecule is CCOc1c(Cl)cccc1CC(=O)NC(CC(F)(F)F)C(=O)O. The van der Waals surface area contributed by atoms with Gasteiger partial charge in [-0.25, -0.2) is 4.79 Å². The van der Waals surface area contributed by atoms with E-state index >= 15 is 0 Å². The van der Waals surface area contributed by atoms with Crippen LogP contribution in [0.25, 0.3) is 0 Å². The van der Waals surface area contributed by atoms with E-state index in [9.17, 15) is 22.8 Å². The fourth-order valence-electron chi connectivity index (χ4n) is 1.85. The summed E-state index contributed by atoms with van der Waals surface area (Å²) in [5.74, 6) is -2.38. The summed E-state index contributed by atoms with van der Waals surface area (Å²) < 4.78 is 42.2. The van der Waals surface area contributed by atoms with E-state index in [4.69, 9.17) is 21.4 Å². The molecule has 9 heteroatoms. The average Bonchev–Trinajstić information content (AvgIpc) is 2.40. The average molecular weight is 354 g/mol. The van der Waals surface area contributed by atoms with Crippen molar-refractivity contribution < 1.29 is 32.6 Å². The monoisotopic (exact) mass is 353 g/mol. The van der Waals surface area contributed by atoms with E-state index in [1.807, 2.05) is 5.32 Å². The Morgan fingerprint density at radius 3 is 2.57 bits per heavy atom. The summed E-state index contributed by atoms with van der Waals surface area (Å²) in [6.45, 7) is 1.99. The zero-order chi connectivity index (χ0) is 17.6. The molecule has 1 aromatic rings. The van der Waals surface area contributed by atoms with Gasteiger partial charge in [0.15, 0.2) is 0 Å². The zero-order valence-corrected chi connectivity index (χ0v) is 12.9. The lowest BCUT2D eigenvalue weighted by Crippen LogP contribution is -2.44. The standard InChI is InChI=1S/C14H15ClF3NO4/c1-2-23-12-8(4-3-5-9(12)15)6-11(20)19-10(13(21)22)7-14(16,17)18/h3-5,10H,2,6-7H2,1H3,(H,19,20)(H,21,22). The van der Waals surface area contributed by atoms with Gasteiger partial charge in [-0.1, -0.05) is 23.7 Å². The summed E-state index contributed by atoms with van der Waals surface area (Å²) in [4.78, 5) is 22.7. The molecule has 0 saturated carbocycles. The molecule has 0 saturated heterocycles. The molecule has 0 bridgehead atoms. The van der Waals surface area contributed by atoms with Gasteiger partial charge in [0.2, 0.25) is 5.91 Å². The van der Waals surface area contributed by atoms with Crippen LogP contribution in [0.15, 0.2) is 18.2 Å². The number of aliphatic carboxylic acids is 1. The van der Waals surface area contributed by atoms with Crippen molar-refractivity contribution in [1.82, 2.24) is 5.32 Å². The summed E-state index contributed by atoms with van der Waals surface area (Å²) in [6, 6.07) is 2.57. The Hall–Kier alpha value is -1.96. The first-order chi connectivity index (χ1) is 10.6. The minimum atomic E-state index is -4.71. The number of benzene rings is 1. The Morgan fingerprint density at radius 2 is 2.04 bits per heavy atom. The number of rotatable bonds is 7. The number of carbonyl (C=O) groups is 2. The first-order valence-corrected chi connectivity index (χ1v) is 7.01. The number of hydrogen-bond donors (Lipinski definition) is 2. The van der Waals surface area contributed by atoms with Gasteiger partial charge in [-0.2, -0.15) is 13.2 Å². The lowest BCUT2D eigenvalue weighted by Gasteiger charge is -2.17. The Morgan fingerprint density at radius 1 is 1.39 bits per heavy atom. The topological polar surface area (TPSA) is 75.6 Å². The third kappa shape index (κ3) is 6.35. The normalized spacial score (nSPS) is 12.6. The van der Waals surface area contributed by atoms with Crippen molar-refractivity contribution in [3.05, 3.63) is 28.8 Å². The number of halogens is 4. The van der Waals surface area contributed by atoms with Crippen molar-refractivity contribution >= 4 is 23.5 Å². The largest absolute Gasteiger partial charge is 0.492 e. The number of hydrogen-bond acceptors (Lipinski definition) is 3. The molecule has 0 aliphatic heterocycles. The number of carboxylic acid groups (broad SMARTS) is 1. The first-order valence-electron chi connectivity index (χ1n) is 6.63. The number of ether oxygens (including phenoxy) is 1. The molecular formula is C14H15ClF3NO4. The Kier molecular flexibility index (Phi) is 6.68. The van der Waals surface area contributed by atoms with E-state index in [1.165, 1.54) is 12.1 Å². The van der Waals surface area contributed by atoms with Crippen LogP contribution in [0, 0.1) is 0 Å². The molecular weight excluding hydrogens is 339 g/mol. The Bertz CT molecular complexity index is 578. The van der Waals surface area contributed by atoms with Gasteiger partial charge >= 0.3 is 12.1 Å². The number of amides is 1. The second-order valence-corrected chi connectivity index (χ2v) is 5.02. The summed E-state index contributed by atoms with van der Waals surface area (Å²) >= 11 is 5.94. The molecule has 0 aromatic heterocycles. The van der Waals surface area contributed by atoms with Crippen LogP contribution in [0.2, 0.25) is 5.02 Å². The second kappa shape index (κ2) is 8.05. The predicted octanol–water partition coefficient (Wildman–Crippen LogP) is 2.80. The van der Waals surface area contributed by atoms with Gasteiger partial charge in [-0.15, -0.1) is 0 Å². The molecule has 2 N–H and O–H groups in total. The fraction of sp³-hybridized carbons (Fsp3) is 0.429. The summed E-state index contributed by atoms with van der Waals surface area (Å²) in [5.41, 5.74) is 0.355. The summed E-state index contributed by atoms with van der Waals surface area (Å²) in [5, 5.41) is 10.9. The lowest BCUT2D eigenvalue weighted by molar-refractivity contribution is -0.159. The molecule has 0 aliphatic carbocycles. The molecule has 23 heavy (non-hydrogen) atoms. The van der Waals surface area contributed by atoms with Crippen LogP contribution in [0.1, 0.15) is 18.9 Å². The quantitative estimate of drug-likeness (QED) is 0.790. The van der Waals surface area contributed by atoms with Crippen LogP contribution in [0.3, 0.4) is 0 Å². The van der Waals surface area contributed by atoms with E-state index in [2.05, 4.69) is 0 Å². The molecule has 5 nitrogen and oxygen atoms in total. The number of nitrogens with one attached hydrogen (secondary N) is 1. The maximum atomic E-state index is 12.3. The predicted molar refractivity (Wildman–Crippen MR) is 76.6 cm³/mol. The van der Waals surface area contributed by atoms with Gasteiger partial charge in [0.1, 0.15) is 11.8 Å². The van der Waals surface area contributed by atoms with Crippen molar-refractivity contribution in [3.8, 4) is 5.75 Å². The molecule has 1 atom stereocenters. The van der Waals surface area contributed by atoms with E-state index in [-0.39, 0.29) is 23.8 Å². The lowest BCUT2D eigenvalue weighted by atomic mass is 10.1. The molecule has 0 heterocycles. The van der Waals surface area contributed by atoms with Crippen LogP contribution < -0.4 is 10.1 Å². The molecule has 0 spiro atoms. The van der Waals surface area contributed by atoms with E-state index in [0.29, 0.717) is 5.56 Å². The molecule has 1 unspecified atom stereocenters. The zero-order valence-electron chi connectivity index (χ0n) is 12.1.